The van der Waals surface area contributed by atoms with Gasteiger partial charge in [-0.3, -0.25) is 9.59 Å². The number of hydrogen-bond donors (Lipinski definition) is 1. The molecular weight excluding hydrogens is 368 g/mol. The average molecular weight is 407 g/mol. The smallest absolute Gasteiger partial charge is 0.306 e. The first-order valence-electron chi connectivity index (χ1n) is 10.5. The predicted molar refractivity (Wildman–Crippen MR) is 115 cm³/mol. The number of aryl methyl sites for hydroxylation is 1. The Hall–Kier alpha value is -2.04. The van der Waals surface area contributed by atoms with Crippen LogP contribution in [0.1, 0.15) is 90.3 Å². The summed E-state index contributed by atoms with van der Waals surface area (Å²) >= 11 is 0. The van der Waals surface area contributed by atoms with Crippen LogP contribution in [-0.4, -0.2) is 30.8 Å². The van der Waals surface area contributed by atoms with Crippen LogP contribution in [-0.2, 0) is 36.3 Å². The summed E-state index contributed by atoms with van der Waals surface area (Å²) in [6.45, 7) is 13.8. The largest absolute Gasteiger partial charge is 0.507 e. The number of rotatable bonds is 11. The van der Waals surface area contributed by atoms with E-state index in [1.54, 1.807) is 0 Å². The lowest BCUT2D eigenvalue weighted by Gasteiger charge is -2.28. The highest BCUT2D eigenvalue weighted by molar-refractivity contribution is 5.69. The van der Waals surface area contributed by atoms with Gasteiger partial charge in [-0.25, -0.2) is 0 Å². The standard InChI is InChI=1S/C24H38O5/c1-23(2,3)19-15-18(16-20(22(19)27)24(4,5)6)11-12-21(26)29-14-10-8-7-9-13-28-17-25/h15-17,27H,7-14H2,1-6H3. The number of phenols is 1. The van der Waals surface area contributed by atoms with Crippen molar-refractivity contribution in [3.8, 4) is 5.75 Å². The van der Waals surface area contributed by atoms with E-state index in [-0.39, 0.29) is 16.8 Å². The van der Waals surface area contributed by atoms with Gasteiger partial charge >= 0.3 is 5.97 Å². The predicted octanol–water partition coefficient (Wildman–Crippen LogP) is 5.20. The summed E-state index contributed by atoms with van der Waals surface area (Å²) in [5.41, 5.74) is 2.50. The molecule has 0 unspecified atom stereocenters. The minimum Gasteiger partial charge on any atom is -0.507 e. The fourth-order valence-corrected chi connectivity index (χ4v) is 3.18. The van der Waals surface area contributed by atoms with Gasteiger partial charge in [0.1, 0.15) is 5.75 Å². The minimum atomic E-state index is -0.197. The van der Waals surface area contributed by atoms with Crippen molar-refractivity contribution in [3.05, 3.63) is 28.8 Å². The number of carbonyl (C=O) groups excluding carboxylic acids is 2. The lowest BCUT2D eigenvalue weighted by Crippen LogP contribution is -2.18. The van der Waals surface area contributed by atoms with Crippen LogP contribution in [0.3, 0.4) is 0 Å². The van der Waals surface area contributed by atoms with Crippen LogP contribution in [0.2, 0.25) is 0 Å². The molecule has 1 rings (SSSR count). The maximum Gasteiger partial charge on any atom is 0.306 e. The van der Waals surface area contributed by atoms with Crippen LogP contribution in [0.4, 0.5) is 0 Å². The van der Waals surface area contributed by atoms with E-state index in [1.807, 2.05) is 12.1 Å². The Morgan fingerprint density at radius 2 is 1.45 bits per heavy atom. The van der Waals surface area contributed by atoms with Crippen LogP contribution < -0.4 is 0 Å². The first-order chi connectivity index (χ1) is 13.5. The molecule has 0 aliphatic rings. The zero-order chi connectivity index (χ0) is 22.1. The average Bonchev–Trinajstić information content (AvgIpc) is 2.61. The normalized spacial score (nSPS) is 11.9. The van der Waals surface area contributed by atoms with Crippen molar-refractivity contribution in [3.63, 3.8) is 0 Å². The molecule has 5 heteroatoms. The Morgan fingerprint density at radius 3 is 1.93 bits per heavy atom. The summed E-state index contributed by atoms with van der Waals surface area (Å²) in [6.07, 6.45) is 4.45. The molecule has 1 aromatic rings. The molecule has 0 bridgehead atoms. The monoisotopic (exact) mass is 406 g/mol. The molecule has 0 atom stereocenters. The maximum absolute atomic E-state index is 12.1. The van der Waals surface area contributed by atoms with E-state index in [0.29, 0.717) is 38.3 Å². The van der Waals surface area contributed by atoms with Gasteiger partial charge < -0.3 is 14.6 Å². The second-order valence-corrected chi connectivity index (χ2v) is 9.64. The lowest BCUT2D eigenvalue weighted by atomic mass is 9.78. The van der Waals surface area contributed by atoms with Gasteiger partial charge in [0.25, 0.3) is 6.47 Å². The number of esters is 1. The Bertz CT molecular complexity index is 630. The molecule has 0 spiro atoms. The van der Waals surface area contributed by atoms with Gasteiger partial charge in [0.2, 0.25) is 0 Å². The highest BCUT2D eigenvalue weighted by Crippen LogP contribution is 2.39. The highest BCUT2D eigenvalue weighted by atomic mass is 16.5. The van der Waals surface area contributed by atoms with E-state index in [1.165, 1.54) is 0 Å². The molecule has 0 aromatic heterocycles. The van der Waals surface area contributed by atoms with E-state index >= 15 is 0 Å². The summed E-state index contributed by atoms with van der Waals surface area (Å²) in [5.74, 6) is 0.159. The van der Waals surface area contributed by atoms with Gasteiger partial charge in [-0.1, -0.05) is 53.7 Å². The minimum absolute atomic E-state index is 0.183. The summed E-state index contributed by atoms with van der Waals surface area (Å²) < 4.78 is 9.97. The highest BCUT2D eigenvalue weighted by Gasteiger charge is 2.26. The lowest BCUT2D eigenvalue weighted by molar-refractivity contribution is -0.143. The molecule has 1 aromatic carbocycles. The van der Waals surface area contributed by atoms with E-state index < -0.39 is 0 Å². The molecule has 0 aliphatic carbocycles. The van der Waals surface area contributed by atoms with Gasteiger partial charge in [0, 0.05) is 6.42 Å². The summed E-state index contributed by atoms with van der Waals surface area (Å²) in [5, 5.41) is 10.8. The topological polar surface area (TPSA) is 72.8 Å². The third-order valence-corrected chi connectivity index (χ3v) is 4.89. The Balaban J connectivity index is 2.58. The number of benzene rings is 1. The Morgan fingerprint density at radius 1 is 0.931 bits per heavy atom. The van der Waals surface area contributed by atoms with Crippen molar-refractivity contribution in [2.45, 2.75) is 90.9 Å². The third-order valence-electron chi connectivity index (χ3n) is 4.89. The number of carbonyl (C=O) groups is 2. The van der Waals surface area contributed by atoms with Gasteiger partial charge in [0.05, 0.1) is 13.2 Å². The first kappa shape index (κ1) is 25.0. The number of phenolic OH excluding ortho intramolecular Hbond substituents is 1. The third kappa shape index (κ3) is 8.88. The maximum atomic E-state index is 12.1. The second kappa shape index (κ2) is 11.2. The van der Waals surface area contributed by atoms with Crippen LogP contribution in [0.5, 0.6) is 5.75 Å². The molecule has 0 saturated carbocycles. The van der Waals surface area contributed by atoms with Crippen molar-refractivity contribution < 1.29 is 24.2 Å². The molecule has 0 amide bonds. The van der Waals surface area contributed by atoms with Crippen molar-refractivity contribution >= 4 is 12.4 Å². The molecular formula is C24H38O5. The molecule has 29 heavy (non-hydrogen) atoms. The van der Waals surface area contributed by atoms with Crippen LogP contribution in [0.25, 0.3) is 0 Å². The number of ether oxygens (including phenoxy) is 2. The summed E-state index contributed by atoms with van der Waals surface area (Å²) in [4.78, 5) is 22.1. The Kier molecular flexibility index (Phi) is 9.67. The van der Waals surface area contributed by atoms with E-state index in [4.69, 9.17) is 4.74 Å². The van der Waals surface area contributed by atoms with E-state index in [2.05, 4.69) is 46.3 Å². The van der Waals surface area contributed by atoms with Gasteiger partial charge in [0.15, 0.2) is 0 Å². The fourth-order valence-electron chi connectivity index (χ4n) is 3.18. The van der Waals surface area contributed by atoms with E-state index in [0.717, 1.165) is 42.4 Å². The van der Waals surface area contributed by atoms with Crippen LogP contribution >= 0.6 is 0 Å². The quantitative estimate of drug-likeness (QED) is 0.311. The van der Waals surface area contributed by atoms with Crippen LogP contribution in [0, 0.1) is 0 Å². The number of aromatic hydroxyl groups is 1. The number of hydrogen-bond acceptors (Lipinski definition) is 5. The SMILES string of the molecule is CC(C)(C)c1cc(CCC(=O)OCCCCCCOC=O)cc(C(C)(C)C)c1O. The van der Waals surface area contributed by atoms with E-state index in [9.17, 15) is 14.7 Å². The molecule has 0 aliphatic heterocycles. The molecule has 1 N–H and O–H groups in total. The van der Waals surface area contributed by atoms with Crippen molar-refractivity contribution in [2.75, 3.05) is 13.2 Å². The first-order valence-corrected chi connectivity index (χ1v) is 10.5. The zero-order valence-electron chi connectivity index (χ0n) is 19.0. The van der Waals surface area contributed by atoms with Crippen LogP contribution in [0.15, 0.2) is 12.1 Å². The zero-order valence-corrected chi connectivity index (χ0v) is 19.0. The Labute approximate surface area is 175 Å². The molecule has 164 valence electrons. The van der Waals surface area contributed by atoms with Gasteiger partial charge in [-0.05, 0) is 59.6 Å². The fraction of sp³-hybridized carbons (Fsp3) is 0.667. The van der Waals surface area contributed by atoms with Crippen molar-refractivity contribution in [1.82, 2.24) is 0 Å². The molecule has 0 fully saturated rings. The molecule has 0 saturated heterocycles. The van der Waals surface area contributed by atoms with Crippen molar-refractivity contribution in [1.29, 1.82) is 0 Å². The summed E-state index contributed by atoms with van der Waals surface area (Å²) in [7, 11) is 0. The van der Waals surface area contributed by atoms with Gasteiger partial charge in [-0.15, -0.1) is 0 Å². The number of unbranched alkanes of at least 4 members (excludes halogenated alkanes) is 3. The molecule has 0 heterocycles. The second-order valence-electron chi connectivity index (χ2n) is 9.64. The van der Waals surface area contributed by atoms with Gasteiger partial charge in [-0.2, -0.15) is 0 Å². The molecule has 5 nitrogen and oxygen atoms in total. The van der Waals surface area contributed by atoms with Crippen molar-refractivity contribution in [2.24, 2.45) is 0 Å². The summed E-state index contributed by atoms with van der Waals surface area (Å²) in [6, 6.07) is 4.03. The molecule has 0 radical (unpaired) electrons.